The van der Waals surface area contributed by atoms with Gasteiger partial charge in [-0.2, -0.15) is 0 Å². The molecule has 1 saturated carbocycles. The van der Waals surface area contributed by atoms with E-state index >= 15 is 0 Å². The van der Waals surface area contributed by atoms with E-state index in [0.717, 1.165) is 29.4 Å². The van der Waals surface area contributed by atoms with Crippen molar-refractivity contribution < 1.29 is 5.11 Å². The van der Waals surface area contributed by atoms with Gasteiger partial charge in [-0.3, -0.25) is 4.98 Å². The molecule has 2 rings (SSSR count). The van der Waals surface area contributed by atoms with Crippen LogP contribution in [0.15, 0.2) is 22.8 Å². The molecule has 1 aliphatic carbocycles. The normalized spacial score (nSPS) is 28.3. The molecular formula is C14H21BrN2O. The number of rotatable bonds is 4. The Morgan fingerprint density at radius 2 is 2.39 bits per heavy atom. The second-order valence-electron chi connectivity index (χ2n) is 5.50. The maximum absolute atomic E-state index is 10.5. The van der Waals surface area contributed by atoms with E-state index in [0.29, 0.717) is 19.0 Å². The largest absolute Gasteiger partial charge is 0.389 e. The zero-order chi connectivity index (χ0) is 13.0. The first-order chi connectivity index (χ1) is 8.57. The molecule has 1 aromatic heterocycles. The summed E-state index contributed by atoms with van der Waals surface area (Å²) < 4.78 is 0.992. The van der Waals surface area contributed by atoms with Crippen molar-refractivity contribution in [3.05, 3.63) is 28.5 Å². The Morgan fingerprint density at radius 1 is 1.56 bits per heavy atom. The molecule has 3 nitrogen and oxygen atoms in total. The first-order valence-electron chi connectivity index (χ1n) is 6.61. The topological polar surface area (TPSA) is 45.1 Å². The van der Waals surface area contributed by atoms with Crippen LogP contribution in [-0.4, -0.2) is 22.2 Å². The van der Waals surface area contributed by atoms with Crippen molar-refractivity contribution in [3.8, 4) is 0 Å². The van der Waals surface area contributed by atoms with Crippen molar-refractivity contribution in [1.82, 2.24) is 10.3 Å². The van der Waals surface area contributed by atoms with Crippen molar-refractivity contribution in [3.63, 3.8) is 0 Å². The van der Waals surface area contributed by atoms with Gasteiger partial charge >= 0.3 is 0 Å². The highest BCUT2D eigenvalue weighted by molar-refractivity contribution is 9.10. The van der Waals surface area contributed by atoms with Gasteiger partial charge in [0, 0.05) is 23.8 Å². The molecule has 2 unspecified atom stereocenters. The predicted octanol–water partition coefficient (Wildman–Crippen LogP) is 2.87. The maximum Gasteiger partial charge on any atom is 0.0774 e. The van der Waals surface area contributed by atoms with Crippen LogP contribution in [0.5, 0.6) is 0 Å². The van der Waals surface area contributed by atoms with Crippen LogP contribution in [0.4, 0.5) is 0 Å². The number of nitrogens with one attached hydrogen (secondary N) is 1. The Morgan fingerprint density at radius 3 is 3.06 bits per heavy atom. The third-order valence-electron chi connectivity index (χ3n) is 3.62. The Balaban J connectivity index is 1.79. The second kappa shape index (κ2) is 6.13. The molecule has 0 saturated heterocycles. The van der Waals surface area contributed by atoms with Crippen molar-refractivity contribution in [2.45, 2.75) is 44.8 Å². The molecule has 2 N–H and O–H groups in total. The van der Waals surface area contributed by atoms with Crippen LogP contribution in [0, 0.1) is 5.92 Å². The van der Waals surface area contributed by atoms with E-state index < -0.39 is 5.60 Å². The van der Waals surface area contributed by atoms with Gasteiger partial charge in [0.05, 0.1) is 11.3 Å². The van der Waals surface area contributed by atoms with Crippen molar-refractivity contribution >= 4 is 15.9 Å². The van der Waals surface area contributed by atoms with Crippen LogP contribution in [0.2, 0.25) is 0 Å². The lowest BCUT2D eigenvalue weighted by Gasteiger charge is -2.35. The smallest absolute Gasteiger partial charge is 0.0774 e. The highest BCUT2D eigenvalue weighted by Crippen LogP contribution is 2.31. The summed E-state index contributed by atoms with van der Waals surface area (Å²) in [6, 6.07) is 3.98. The number of hydrogen-bond donors (Lipinski definition) is 2. The van der Waals surface area contributed by atoms with Gasteiger partial charge in [-0.25, -0.2) is 0 Å². The van der Waals surface area contributed by atoms with Gasteiger partial charge in [0.25, 0.3) is 0 Å². The van der Waals surface area contributed by atoms with Crippen molar-refractivity contribution in [2.75, 3.05) is 6.54 Å². The SMILES string of the molecule is CC1CCCC(O)(CNCc2ccc(Br)cn2)C1. The molecular weight excluding hydrogens is 292 g/mol. The molecule has 0 aromatic carbocycles. The van der Waals surface area contributed by atoms with Crippen LogP contribution in [0.25, 0.3) is 0 Å². The first kappa shape index (κ1) is 14.0. The monoisotopic (exact) mass is 312 g/mol. The predicted molar refractivity (Wildman–Crippen MR) is 76.2 cm³/mol. The summed E-state index contributed by atoms with van der Waals surface area (Å²) in [5.74, 6) is 0.636. The Kier molecular flexibility index (Phi) is 4.76. The minimum Gasteiger partial charge on any atom is -0.389 e. The first-order valence-corrected chi connectivity index (χ1v) is 7.40. The zero-order valence-electron chi connectivity index (χ0n) is 10.8. The lowest BCUT2D eigenvalue weighted by molar-refractivity contribution is -0.0119. The Labute approximate surface area is 117 Å². The minimum absolute atomic E-state index is 0.521. The fourth-order valence-electron chi connectivity index (χ4n) is 2.73. The van der Waals surface area contributed by atoms with Gasteiger partial charge in [-0.1, -0.05) is 19.8 Å². The summed E-state index contributed by atoms with van der Waals surface area (Å²) in [7, 11) is 0. The average Bonchev–Trinajstić information content (AvgIpc) is 2.31. The van der Waals surface area contributed by atoms with Crippen LogP contribution in [-0.2, 0) is 6.54 Å². The second-order valence-corrected chi connectivity index (χ2v) is 6.41. The van der Waals surface area contributed by atoms with Gasteiger partial charge in [0.15, 0.2) is 0 Å². The van der Waals surface area contributed by atoms with Crippen molar-refractivity contribution in [1.29, 1.82) is 0 Å². The maximum atomic E-state index is 10.5. The highest BCUT2D eigenvalue weighted by Gasteiger charge is 2.31. The summed E-state index contributed by atoms with van der Waals surface area (Å²) in [6.07, 6.45) is 6.01. The number of halogens is 1. The molecule has 1 aromatic rings. The number of nitrogens with zero attached hydrogens (tertiary/aromatic N) is 1. The van der Waals surface area contributed by atoms with Crippen molar-refractivity contribution in [2.24, 2.45) is 5.92 Å². The standard InChI is InChI=1S/C14H21BrN2O/c1-11-3-2-6-14(18,7-11)10-16-9-13-5-4-12(15)8-17-13/h4-5,8,11,16,18H,2-3,6-7,9-10H2,1H3. The van der Waals surface area contributed by atoms with E-state index in [2.05, 4.69) is 33.2 Å². The summed E-state index contributed by atoms with van der Waals surface area (Å²) in [5.41, 5.74) is 0.484. The number of aromatic nitrogens is 1. The molecule has 1 fully saturated rings. The molecule has 4 heteroatoms. The van der Waals surface area contributed by atoms with E-state index in [4.69, 9.17) is 0 Å². The third-order valence-corrected chi connectivity index (χ3v) is 4.09. The number of aliphatic hydroxyl groups is 1. The fourth-order valence-corrected chi connectivity index (χ4v) is 2.96. The lowest BCUT2D eigenvalue weighted by Crippen LogP contribution is -2.43. The summed E-state index contributed by atoms with van der Waals surface area (Å²) in [5, 5.41) is 13.8. The molecule has 2 atom stereocenters. The van der Waals surface area contributed by atoms with Gasteiger partial charge in [-0.05, 0) is 46.8 Å². The zero-order valence-corrected chi connectivity index (χ0v) is 12.4. The fraction of sp³-hybridized carbons (Fsp3) is 0.643. The van der Waals surface area contributed by atoms with E-state index in [1.165, 1.54) is 6.42 Å². The third kappa shape index (κ3) is 4.04. The molecule has 0 radical (unpaired) electrons. The van der Waals surface area contributed by atoms with Crippen LogP contribution >= 0.6 is 15.9 Å². The van der Waals surface area contributed by atoms with Gasteiger partial charge in [-0.15, -0.1) is 0 Å². The highest BCUT2D eigenvalue weighted by atomic mass is 79.9. The van der Waals surface area contributed by atoms with E-state index in [1.54, 1.807) is 6.20 Å². The lowest BCUT2D eigenvalue weighted by atomic mass is 9.79. The van der Waals surface area contributed by atoms with E-state index in [1.807, 2.05) is 12.1 Å². The average molecular weight is 313 g/mol. The number of pyridine rings is 1. The van der Waals surface area contributed by atoms with Gasteiger partial charge < -0.3 is 10.4 Å². The van der Waals surface area contributed by atoms with Gasteiger partial charge in [0.1, 0.15) is 0 Å². The van der Waals surface area contributed by atoms with Gasteiger partial charge in [0.2, 0.25) is 0 Å². The summed E-state index contributed by atoms with van der Waals surface area (Å²) in [4.78, 5) is 4.31. The summed E-state index contributed by atoms with van der Waals surface area (Å²) >= 11 is 3.37. The van der Waals surface area contributed by atoms with Crippen LogP contribution < -0.4 is 5.32 Å². The summed E-state index contributed by atoms with van der Waals surface area (Å²) in [6.45, 7) is 3.60. The Hall–Kier alpha value is -0.450. The molecule has 1 aliphatic rings. The quantitative estimate of drug-likeness (QED) is 0.898. The van der Waals surface area contributed by atoms with Crippen LogP contribution in [0.3, 0.4) is 0 Å². The molecule has 100 valence electrons. The van der Waals surface area contributed by atoms with E-state index in [-0.39, 0.29) is 0 Å². The Bertz CT molecular complexity index is 382. The van der Waals surface area contributed by atoms with E-state index in [9.17, 15) is 5.11 Å². The molecule has 1 heterocycles. The minimum atomic E-state index is -0.521. The molecule has 18 heavy (non-hydrogen) atoms. The molecule has 0 aliphatic heterocycles. The molecule has 0 bridgehead atoms. The molecule has 0 amide bonds. The number of hydrogen-bond acceptors (Lipinski definition) is 3. The van der Waals surface area contributed by atoms with Crippen LogP contribution in [0.1, 0.15) is 38.3 Å². The molecule has 0 spiro atoms.